The standard InChI is InChI=1S/C18H27N5O2.HI/c1-3-19-17(21-11-14-5-7-20-16(9-14)25-2)23-8-4-6-18(13-23)10-15(24)22-12-18;/h5,7,9H,3-4,6,8,10-13H2,1-2H3,(H,19,21)(H,22,24);1H. The molecular weight excluding hydrogens is 445 g/mol. The lowest BCUT2D eigenvalue weighted by Gasteiger charge is -2.40. The topological polar surface area (TPSA) is 78.9 Å². The van der Waals surface area contributed by atoms with Crippen LogP contribution >= 0.6 is 24.0 Å². The van der Waals surface area contributed by atoms with Gasteiger partial charge in [0, 0.05) is 50.3 Å². The van der Waals surface area contributed by atoms with Crippen LogP contribution in [-0.4, -0.2) is 55.0 Å². The van der Waals surface area contributed by atoms with Crippen molar-refractivity contribution in [3.63, 3.8) is 0 Å². The molecule has 1 unspecified atom stereocenters. The van der Waals surface area contributed by atoms with E-state index in [0.717, 1.165) is 50.5 Å². The van der Waals surface area contributed by atoms with Crippen molar-refractivity contribution < 1.29 is 9.53 Å². The van der Waals surface area contributed by atoms with E-state index < -0.39 is 0 Å². The molecule has 1 spiro atoms. The normalized spacial score (nSPS) is 22.8. The highest BCUT2D eigenvalue weighted by Gasteiger charge is 2.42. The Morgan fingerprint density at radius 1 is 1.54 bits per heavy atom. The predicted octanol–water partition coefficient (Wildman–Crippen LogP) is 1.78. The summed E-state index contributed by atoms with van der Waals surface area (Å²) in [5.41, 5.74) is 1.12. The van der Waals surface area contributed by atoms with E-state index in [1.54, 1.807) is 13.3 Å². The summed E-state index contributed by atoms with van der Waals surface area (Å²) in [6, 6.07) is 3.86. The number of halogens is 1. The van der Waals surface area contributed by atoms with Crippen LogP contribution in [-0.2, 0) is 11.3 Å². The highest BCUT2D eigenvalue weighted by atomic mass is 127. The Kier molecular flexibility index (Phi) is 7.48. The summed E-state index contributed by atoms with van der Waals surface area (Å²) in [5.74, 6) is 1.69. The first-order chi connectivity index (χ1) is 12.1. The molecule has 7 nitrogen and oxygen atoms in total. The molecule has 26 heavy (non-hydrogen) atoms. The van der Waals surface area contributed by atoms with Crippen molar-refractivity contribution in [3.05, 3.63) is 23.9 Å². The molecule has 0 radical (unpaired) electrons. The molecule has 0 aliphatic carbocycles. The third-order valence-electron chi connectivity index (χ3n) is 4.91. The largest absolute Gasteiger partial charge is 0.481 e. The molecule has 1 atom stereocenters. The van der Waals surface area contributed by atoms with Gasteiger partial charge in [-0.2, -0.15) is 0 Å². The highest BCUT2D eigenvalue weighted by molar-refractivity contribution is 14.0. The maximum atomic E-state index is 11.7. The lowest BCUT2D eigenvalue weighted by atomic mass is 9.79. The van der Waals surface area contributed by atoms with Crippen LogP contribution in [0.4, 0.5) is 0 Å². The van der Waals surface area contributed by atoms with Crippen LogP contribution in [0.25, 0.3) is 0 Å². The maximum Gasteiger partial charge on any atom is 0.220 e. The zero-order chi connectivity index (χ0) is 17.7. The number of hydrogen-bond donors (Lipinski definition) is 2. The zero-order valence-corrected chi connectivity index (χ0v) is 17.8. The predicted molar refractivity (Wildman–Crippen MR) is 112 cm³/mol. The lowest BCUT2D eigenvalue weighted by molar-refractivity contribution is -0.119. The number of aromatic nitrogens is 1. The van der Waals surface area contributed by atoms with Gasteiger partial charge in [-0.3, -0.25) is 4.79 Å². The molecule has 2 N–H and O–H groups in total. The Morgan fingerprint density at radius 2 is 2.38 bits per heavy atom. The minimum absolute atomic E-state index is 0. The van der Waals surface area contributed by atoms with Gasteiger partial charge in [0.2, 0.25) is 11.8 Å². The molecule has 3 heterocycles. The Morgan fingerprint density at radius 3 is 3.08 bits per heavy atom. The summed E-state index contributed by atoms with van der Waals surface area (Å²) < 4.78 is 5.17. The van der Waals surface area contributed by atoms with E-state index in [9.17, 15) is 4.79 Å². The number of nitrogens with zero attached hydrogens (tertiary/aromatic N) is 3. The van der Waals surface area contributed by atoms with E-state index in [1.165, 1.54) is 0 Å². The second-order valence-electron chi connectivity index (χ2n) is 6.86. The van der Waals surface area contributed by atoms with Crippen LogP contribution in [0, 0.1) is 5.41 Å². The highest BCUT2D eigenvalue weighted by Crippen LogP contribution is 2.36. The summed E-state index contributed by atoms with van der Waals surface area (Å²) in [5, 5.41) is 6.39. The number of carbonyl (C=O) groups is 1. The molecule has 1 aromatic heterocycles. The fraction of sp³-hybridized carbons (Fsp3) is 0.611. The third kappa shape index (κ3) is 4.99. The Labute approximate surface area is 172 Å². The summed E-state index contributed by atoms with van der Waals surface area (Å²) in [4.78, 5) is 22.9. The molecule has 3 rings (SSSR count). The molecule has 8 heteroatoms. The van der Waals surface area contributed by atoms with E-state index >= 15 is 0 Å². The number of guanidine groups is 1. The summed E-state index contributed by atoms with van der Waals surface area (Å²) >= 11 is 0. The fourth-order valence-corrected chi connectivity index (χ4v) is 3.68. The first-order valence-corrected chi connectivity index (χ1v) is 8.93. The Balaban J connectivity index is 0.00000243. The number of amides is 1. The molecular formula is C18H28IN5O2. The number of hydrogen-bond acceptors (Lipinski definition) is 4. The van der Waals surface area contributed by atoms with Crippen LogP contribution in [0.5, 0.6) is 5.88 Å². The summed E-state index contributed by atoms with van der Waals surface area (Å²) in [6.45, 7) is 6.09. The van der Waals surface area contributed by atoms with E-state index in [1.807, 2.05) is 12.1 Å². The van der Waals surface area contributed by atoms with Crippen molar-refractivity contribution >= 4 is 35.8 Å². The molecule has 144 valence electrons. The zero-order valence-electron chi connectivity index (χ0n) is 15.5. The summed E-state index contributed by atoms with van der Waals surface area (Å²) in [6.07, 6.45) is 4.55. The van der Waals surface area contributed by atoms with Gasteiger partial charge in [-0.05, 0) is 31.4 Å². The third-order valence-corrected chi connectivity index (χ3v) is 4.91. The van der Waals surface area contributed by atoms with E-state index in [0.29, 0.717) is 18.8 Å². The molecule has 2 saturated heterocycles. The van der Waals surface area contributed by atoms with E-state index in [4.69, 9.17) is 9.73 Å². The van der Waals surface area contributed by atoms with Crippen molar-refractivity contribution in [2.75, 3.05) is 33.3 Å². The van der Waals surface area contributed by atoms with Crippen molar-refractivity contribution in [1.29, 1.82) is 0 Å². The molecule has 2 aliphatic rings. The van der Waals surface area contributed by atoms with Gasteiger partial charge in [0.25, 0.3) is 0 Å². The maximum absolute atomic E-state index is 11.7. The van der Waals surface area contributed by atoms with Gasteiger partial charge in [0.1, 0.15) is 0 Å². The van der Waals surface area contributed by atoms with Crippen LogP contribution in [0.3, 0.4) is 0 Å². The van der Waals surface area contributed by atoms with Crippen molar-refractivity contribution in [2.45, 2.75) is 32.7 Å². The number of ether oxygens (including phenoxy) is 1. The van der Waals surface area contributed by atoms with Gasteiger partial charge < -0.3 is 20.3 Å². The molecule has 1 aromatic rings. The molecule has 0 saturated carbocycles. The quantitative estimate of drug-likeness (QED) is 0.396. The Bertz CT molecular complexity index is 654. The van der Waals surface area contributed by atoms with Gasteiger partial charge in [0.15, 0.2) is 5.96 Å². The second-order valence-corrected chi connectivity index (χ2v) is 6.86. The van der Waals surface area contributed by atoms with Crippen LogP contribution in [0.2, 0.25) is 0 Å². The van der Waals surface area contributed by atoms with Crippen molar-refractivity contribution in [2.24, 2.45) is 10.4 Å². The number of nitrogens with one attached hydrogen (secondary N) is 2. The average Bonchev–Trinajstić information content (AvgIpc) is 2.98. The number of rotatable bonds is 4. The number of aliphatic imine (C=N–C) groups is 1. The van der Waals surface area contributed by atoms with Gasteiger partial charge in [-0.1, -0.05) is 0 Å². The number of carbonyl (C=O) groups excluding carboxylic acids is 1. The molecule has 2 aliphatic heterocycles. The average molecular weight is 473 g/mol. The molecule has 2 fully saturated rings. The first-order valence-electron chi connectivity index (χ1n) is 8.93. The van der Waals surface area contributed by atoms with Crippen LogP contribution in [0.15, 0.2) is 23.3 Å². The van der Waals surface area contributed by atoms with Crippen LogP contribution < -0.4 is 15.4 Å². The smallest absolute Gasteiger partial charge is 0.220 e. The van der Waals surface area contributed by atoms with Gasteiger partial charge in [-0.25, -0.2) is 9.98 Å². The first kappa shape index (κ1) is 20.7. The summed E-state index contributed by atoms with van der Waals surface area (Å²) in [7, 11) is 1.61. The minimum Gasteiger partial charge on any atom is -0.481 e. The van der Waals surface area contributed by atoms with Gasteiger partial charge >= 0.3 is 0 Å². The van der Waals surface area contributed by atoms with E-state index in [2.05, 4.69) is 27.4 Å². The number of methoxy groups -OCH3 is 1. The van der Waals surface area contributed by atoms with E-state index in [-0.39, 0.29) is 35.3 Å². The van der Waals surface area contributed by atoms with Gasteiger partial charge in [-0.15, -0.1) is 24.0 Å². The molecule has 0 bridgehead atoms. The van der Waals surface area contributed by atoms with Crippen molar-refractivity contribution in [3.8, 4) is 5.88 Å². The van der Waals surface area contributed by atoms with Gasteiger partial charge in [0.05, 0.1) is 13.7 Å². The lowest BCUT2D eigenvalue weighted by Crippen LogP contribution is -2.51. The number of pyridine rings is 1. The number of likely N-dealkylation sites (tertiary alicyclic amines) is 1. The monoisotopic (exact) mass is 473 g/mol. The molecule has 1 amide bonds. The minimum atomic E-state index is 0. The SMILES string of the molecule is CCNC(=NCc1ccnc(OC)c1)N1CCCC2(CNC(=O)C2)C1.I. The van der Waals surface area contributed by atoms with Crippen LogP contribution in [0.1, 0.15) is 31.7 Å². The molecule has 0 aromatic carbocycles. The Hall–Kier alpha value is -1.58. The number of piperidine rings is 1. The fourth-order valence-electron chi connectivity index (χ4n) is 3.68. The van der Waals surface area contributed by atoms with Crippen molar-refractivity contribution in [1.82, 2.24) is 20.5 Å². The second kappa shape index (κ2) is 9.38.